The zero-order valence-corrected chi connectivity index (χ0v) is 14.3. The molecule has 1 atom stereocenters. The van der Waals surface area contributed by atoms with E-state index in [-0.39, 0.29) is 18.0 Å². The number of likely N-dealkylation sites (tertiary alicyclic amines) is 1. The van der Waals surface area contributed by atoms with Crippen LogP contribution in [0.3, 0.4) is 0 Å². The normalized spacial score (nSPS) is 17.9. The van der Waals surface area contributed by atoms with Gasteiger partial charge in [-0.25, -0.2) is 9.59 Å². The maximum Gasteiger partial charge on any atom is 0.410 e. The van der Waals surface area contributed by atoms with Crippen molar-refractivity contribution >= 4 is 12.1 Å². The summed E-state index contributed by atoms with van der Waals surface area (Å²) in [4.78, 5) is 25.8. The van der Waals surface area contributed by atoms with Crippen molar-refractivity contribution in [3.05, 3.63) is 35.4 Å². The Morgan fingerprint density at radius 3 is 2.61 bits per heavy atom. The molecule has 1 aromatic carbocycles. The number of amides is 1. The summed E-state index contributed by atoms with van der Waals surface area (Å²) >= 11 is 0. The van der Waals surface area contributed by atoms with Crippen molar-refractivity contribution in [3.8, 4) is 0 Å². The Balaban J connectivity index is 1.81. The molecule has 1 aliphatic rings. The third-order valence-corrected chi connectivity index (χ3v) is 3.75. The van der Waals surface area contributed by atoms with Crippen molar-refractivity contribution in [2.24, 2.45) is 5.92 Å². The van der Waals surface area contributed by atoms with E-state index in [2.05, 4.69) is 0 Å². The van der Waals surface area contributed by atoms with Gasteiger partial charge < -0.3 is 14.4 Å². The van der Waals surface area contributed by atoms with Gasteiger partial charge in [-0.05, 0) is 45.7 Å². The van der Waals surface area contributed by atoms with Gasteiger partial charge in [-0.1, -0.05) is 18.2 Å². The maximum absolute atomic E-state index is 12.1. The molecule has 1 heterocycles. The standard InChI is InChI=1S/C18H25NO4/c1-13-7-5-6-8-15(13)16(20)22-12-14-9-10-19(11-14)17(21)23-18(2,3)4/h5-8,14H,9-12H2,1-4H3/t14-/m1/s1. The maximum atomic E-state index is 12.1. The Labute approximate surface area is 137 Å². The number of benzene rings is 1. The van der Waals surface area contributed by atoms with Crippen LogP contribution in [0.2, 0.25) is 0 Å². The molecule has 5 nitrogen and oxygen atoms in total. The summed E-state index contributed by atoms with van der Waals surface area (Å²) in [5, 5.41) is 0. The average molecular weight is 319 g/mol. The summed E-state index contributed by atoms with van der Waals surface area (Å²) in [6.45, 7) is 8.97. The Morgan fingerprint density at radius 1 is 1.26 bits per heavy atom. The predicted octanol–water partition coefficient (Wildman–Crippen LogP) is 3.41. The lowest BCUT2D eigenvalue weighted by Crippen LogP contribution is -2.35. The summed E-state index contributed by atoms with van der Waals surface area (Å²) in [5.74, 6) is -0.144. The molecule has 0 unspecified atom stereocenters. The van der Waals surface area contributed by atoms with Crippen LogP contribution in [0.5, 0.6) is 0 Å². The number of hydrogen-bond acceptors (Lipinski definition) is 4. The van der Waals surface area contributed by atoms with Gasteiger partial charge in [0.05, 0.1) is 12.2 Å². The van der Waals surface area contributed by atoms with Crippen LogP contribution in [-0.2, 0) is 9.47 Å². The van der Waals surface area contributed by atoms with Gasteiger partial charge in [0, 0.05) is 19.0 Å². The van der Waals surface area contributed by atoms with E-state index in [1.54, 1.807) is 11.0 Å². The number of ether oxygens (including phenoxy) is 2. The van der Waals surface area contributed by atoms with Gasteiger partial charge in [-0.15, -0.1) is 0 Å². The number of hydrogen-bond donors (Lipinski definition) is 0. The highest BCUT2D eigenvalue weighted by molar-refractivity contribution is 5.90. The van der Waals surface area contributed by atoms with E-state index in [1.165, 1.54) is 0 Å². The second-order valence-corrected chi connectivity index (χ2v) is 6.99. The SMILES string of the molecule is Cc1ccccc1C(=O)OC[C@@H]1CCN(C(=O)OC(C)(C)C)C1. The van der Waals surface area contributed by atoms with Crippen LogP contribution in [-0.4, -0.2) is 42.3 Å². The molecule has 1 aromatic rings. The fraction of sp³-hybridized carbons (Fsp3) is 0.556. The van der Waals surface area contributed by atoms with E-state index in [1.807, 2.05) is 45.9 Å². The Morgan fingerprint density at radius 2 is 1.96 bits per heavy atom. The van der Waals surface area contributed by atoms with Crippen LogP contribution in [0.15, 0.2) is 24.3 Å². The summed E-state index contributed by atoms with van der Waals surface area (Å²) < 4.78 is 10.8. The molecule has 23 heavy (non-hydrogen) atoms. The lowest BCUT2D eigenvalue weighted by atomic mass is 10.1. The van der Waals surface area contributed by atoms with Crippen LogP contribution >= 0.6 is 0 Å². The molecule has 1 fully saturated rings. The van der Waals surface area contributed by atoms with Gasteiger partial charge in [0.1, 0.15) is 5.60 Å². The van der Waals surface area contributed by atoms with Gasteiger partial charge in [-0.3, -0.25) is 0 Å². The third kappa shape index (κ3) is 4.98. The van der Waals surface area contributed by atoms with Gasteiger partial charge in [-0.2, -0.15) is 0 Å². The first-order chi connectivity index (χ1) is 10.8. The second-order valence-electron chi connectivity index (χ2n) is 6.99. The Hall–Kier alpha value is -2.04. The van der Waals surface area contributed by atoms with Crippen molar-refractivity contribution in [2.75, 3.05) is 19.7 Å². The van der Waals surface area contributed by atoms with Crippen molar-refractivity contribution in [2.45, 2.75) is 39.7 Å². The minimum atomic E-state index is -0.494. The molecule has 1 saturated heterocycles. The van der Waals surface area contributed by atoms with Crippen LogP contribution in [0, 0.1) is 12.8 Å². The highest BCUT2D eigenvalue weighted by Gasteiger charge is 2.30. The van der Waals surface area contributed by atoms with E-state index in [9.17, 15) is 9.59 Å². The first-order valence-electron chi connectivity index (χ1n) is 7.97. The van der Waals surface area contributed by atoms with Gasteiger partial charge >= 0.3 is 12.1 Å². The molecular weight excluding hydrogens is 294 g/mol. The number of carbonyl (C=O) groups is 2. The molecular formula is C18H25NO4. The molecule has 1 aliphatic heterocycles. The first kappa shape index (κ1) is 17.3. The Bertz CT molecular complexity index is 577. The van der Waals surface area contributed by atoms with Crippen molar-refractivity contribution < 1.29 is 19.1 Å². The summed E-state index contributed by atoms with van der Waals surface area (Å²) in [6.07, 6.45) is 0.519. The molecule has 126 valence electrons. The molecule has 0 spiro atoms. The fourth-order valence-electron chi connectivity index (χ4n) is 2.53. The largest absolute Gasteiger partial charge is 0.462 e. The number of aryl methyl sites for hydroxylation is 1. The number of esters is 1. The number of rotatable bonds is 3. The van der Waals surface area contributed by atoms with E-state index < -0.39 is 5.60 Å². The van der Waals surface area contributed by atoms with Gasteiger partial charge in [0.2, 0.25) is 0 Å². The van der Waals surface area contributed by atoms with Crippen molar-refractivity contribution in [1.82, 2.24) is 4.90 Å². The third-order valence-electron chi connectivity index (χ3n) is 3.75. The van der Waals surface area contributed by atoms with Crippen LogP contribution in [0.4, 0.5) is 4.79 Å². The minimum Gasteiger partial charge on any atom is -0.462 e. The average Bonchev–Trinajstić information content (AvgIpc) is 2.92. The summed E-state index contributed by atoms with van der Waals surface area (Å²) in [6, 6.07) is 7.36. The van der Waals surface area contributed by atoms with E-state index in [0.29, 0.717) is 25.3 Å². The number of carbonyl (C=O) groups excluding carboxylic acids is 2. The first-order valence-corrected chi connectivity index (χ1v) is 7.97. The molecule has 0 N–H and O–H groups in total. The highest BCUT2D eigenvalue weighted by Crippen LogP contribution is 2.20. The topological polar surface area (TPSA) is 55.8 Å². The van der Waals surface area contributed by atoms with E-state index in [4.69, 9.17) is 9.47 Å². The molecule has 0 aromatic heterocycles. The minimum absolute atomic E-state index is 0.162. The molecule has 0 aliphatic carbocycles. The molecule has 5 heteroatoms. The molecule has 0 radical (unpaired) electrons. The molecule has 0 saturated carbocycles. The highest BCUT2D eigenvalue weighted by atomic mass is 16.6. The lowest BCUT2D eigenvalue weighted by molar-refractivity contribution is 0.0274. The van der Waals surface area contributed by atoms with Crippen LogP contribution in [0.25, 0.3) is 0 Å². The van der Waals surface area contributed by atoms with E-state index in [0.717, 1.165) is 12.0 Å². The second kappa shape index (κ2) is 7.02. The monoisotopic (exact) mass is 319 g/mol. The quantitative estimate of drug-likeness (QED) is 0.801. The fourth-order valence-corrected chi connectivity index (χ4v) is 2.53. The molecule has 1 amide bonds. The van der Waals surface area contributed by atoms with Gasteiger partial charge in [0.15, 0.2) is 0 Å². The smallest absolute Gasteiger partial charge is 0.410 e. The van der Waals surface area contributed by atoms with E-state index >= 15 is 0 Å². The van der Waals surface area contributed by atoms with Crippen LogP contribution < -0.4 is 0 Å². The lowest BCUT2D eigenvalue weighted by Gasteiger charge is -2.24. The van der Waals surface area contributed by atoms with Crippen molar-refractivity contribution in [1.29, 1.82) is 0 Å². The zero-order valence-electron chi connectivity index (χ0n) is 14.3. The van der Waals surface area contributed by atoms with Crippen molar-refractivity contribution in [3.63, 3.8) is 0 Å². The van der Waals surface area contributed by atoms with Gasteiger partial charge in [0.25, 0.3) is 0 Å². The zero-order chi connectivity index (χ0) is 17.0. The van der Waals surface area contributed by atoms with Crippen LogP contribution in [0.1, 0.15) is 43.1 Å². The summed E-state index contributed by atoms with van der Waals surface area (Å²) in [5.41, 5.74) is 1.00. The summed E-state index contributed by atoms with van der Waals surface area (Å²) in [7, 11) is 0. The predicted molar refractivity (Wildman–Crippen MR) is 87.4 cm³/mol. The molecule has 2 rings (SSSR count). The molecule has 0 bridgehead atoms. The number of nitrogens with zero attached hydrogens (tertiary/aromatic N) is 1. The Kier molecular flexibility index (Phi) is 5.29.